The topological polar surface area (TPSA) is 26.0 Å². The summed E-state index contributed by atoms with van der Waals surface area (Å²) < 4.78 is 0. The zero-order valence-electron chi connectivity index (χ0n) is 12.7. The lowest BCUT2D eigenvalue weighted by Crippen LogP contribution is -2.14. The van der Waals surface area contributed by atoms with E-state index in [0.717, 1.165) is 6.42 Å². The number of aryl methyl sites for hydroxylation is 1. The fraction of sp³-hybridized carbons (Fsp3) is 0.647. The number of nitrogens with two attached hydrogens (primary N) is 1. The summed E-state index contributed by atoms with van der Waals surface area (Å²) in [6.45, 7) is 6.73. The van der Waals surface area contributed by atoms with Gasteiger partial charge in [0, 0.05) is 6.04 Å². The Bertz CT molecular complexity index is 349. The summed E-state index contributed by atoms with van der Waals surface area (Å²) in [7, 11) is 0. The molecule has 1 nitrogen and oxygen atoms in total. The molecule has 0 fully saturated rings. The lowest BCUT2D eigenvalue weighted by molar-refractivity contribution is 0.596. The van der Waals surface area contributed by atoms with Crippen LogP contribution in [0.15, 0.2) is 18.2 Å². The molecule has 1 atom stereocenters. The van der Waals surface area contributed by atoms with Gasteiger partial charge in [0.15, 0.2) is 0 Å². The second kappa shape index (κ2) is 10.3. The molecule has 0 amide bonds. The van der Waals surface area contributed by atoms with E-state index in [1.165, 1.54) is 55.2 Å². The van der Waals surface area contributed by atoms with Gasteiger partial charge in [-0.15, -0.1) is 12.4 Å². The normalized spacial score (nSPS) is 12.0. The maximum absolute atomic E-state index is 6.38. The van der Waals surface area contributed by atoms with E-state index in [4.69, 9.17) is 5.73 Å². The molecule has 0 saturated carbocycles. The maximum Gasteiger partial charge on any atom is 0.0297 e. The van der Waals surface area contributed by atoms with E-state index in [2.05, 4.69) is 39.0 Å². The number of rotatable bonds is 8. The van der Waals surface area contributed by atoms with Crippen molar-refractivity contribution in [3.8, 4) is 0 Å². The van der Waals surface area contributed by atoms with Gasteiger partial charge in [-0.3, -0.25) is 0 Å². The van der Waals surface area contributed by atoms with E-state index in [1.807, 2.05) is 0 Å². The van der Waals surface area contributed by atoms with Crippen LogP contribution < -0.4 is 5.73 Å². The van der Waals surface area contributed by atoms with E-state index in [-0.39, 0.29) is 18.4 Å². The number of halogens is 1. The van der Waals surface area contributed by atoms with Gasteiger partial charge in [0.25, 0.3) is 0 Å². The van der Waals surface area contributed by atoms with Gasteiger partial charge in [0.1, 0.15) is 0 Å². The first-order chi connectivity index (χ1) is 8.74. The van der Waals surface area contributed by atoms with Crippen molar-refractivity contribution in [3.05, 3.63) is 34.9 Å². The lowest BCUT2D eigenvalue weighted by Gasteiger charge is -2.19. The Labute approximate surface area is 125 Å². The molecule has 1 rings (SSSR count). The highest BCUT2D eigenvalue weighted by molar-refractivity contribution is 5.85. The number of benzene rings is 1. The molecule has 0 spiro atoms. The average Bonchev–Trinajstić information content (AvgIpc) is 2.38. The predicted octanol–water partition coefficient (Wildman–Crippen LogP) is 5.20. The molecule has 0 bridgehead atoms. The molecular weight excluding hydrogens is 254 g/mol. The molecule has 1 aromatic carbocycles. The molecule has 0 aliphatic carbocycles. The van der Waals surface area contributed by atoms with Crippen LogP contribution in [0.5, 0.6) is 0 Å². The minimum atomic E-state index is 0. The van der Waals surface area contributed by atoms with Gasteiger partial charge >= 0.3 is 0 Å². The van der Waals surface area contributed by atoms with Gasteiger partial charge < -0.3 is 5.73 Å². The predicted molar refractivity (Wildman–Crippen MR) is 88.1 cm³/mol. The Balaban J connectivity index is 0.00000324. The maximum atomic E-state index is 6.38. The van der Waals surface area contributed by atoms with Gasteiger partial charge in [-0.2, -0.15) is 0 Å². The van der Waals surface area contributed by atoms with Crippen LogP contribution in [0.2, 0.25) is 0 Å². The second-order valence-electron chi connectivity index (χ2n) is 5.23. The van der Waals surface area contributed by atoms with Crippen molar-refractivity contribution in [2.45, 2.75) is 71.8 Å². The SMILES string of the molecule is CCCCC(N)c1cccc(CCC)c1CCC.Cl. The fourth-order valence-corrected chi connectivity index (χ4v) is 2.64. The minimum absolute atomic E-state index is 0. The van der Waals surface area contributed by atoms with Crippen LogP contribution in [-0.2, 0) is 12.8 Å². The third-order valence-corrected chi connectivity index (χ3v) is 3.60. The largest absolute Gasteiger partial charge is 0.324 e. The first-order valence-corrected chi connectivity index (χ1v) is 7.60. The van der Waals surface area contributed by atoms with Gasteiger partial charge in [-0.25, -0.2) is 0 Å². The summed E-state index contributed by atoms with van der Waals surface area (Å²) in [6.07, 6.45) is 8.34. The van der Waals surface area contributed by atoms with Gasteiger partial charge in [0.05, 0.1) is 0 Å². The van der Waals surface area contributed by atoms with Crippen LogP contribution in [0, 0.1) is 0 Å². The molecule has 0 saturated heterocycles. The number of hydrogen-bond acceptors (Lipinski definition) is 1. The molecule has 19 heavy (non-hydrogen) atoms. The van der Waals surface area contributed by atoms with Crippen LogP contribution in [-0.4, -0.2) is 0 Å². The molecule has 0 aliphatic rings. The highest BCUT2D eigenvalue weighted by Gasteiger charge is 2.13. The molecule has 110 valence electrons. The molecule has 2 N–H and O–H groups in total. The van der Waals surface area contributed by atoms with Crippen LogP contribution in [0.4, 0.5) is 0 Å². The third-order valence-electron chi connectivity index (χ3n) is 3.60. The minimum Gasteiger partial charge on any atom is -0.324 e. The molecule has 0 aromatic heterocycles. The highest BCUT2D eigenvalue weighted by Crippen LogP contribution is 2.25. The fourth-order valence-electron chi connectivity index (χ4n) is 2.64. The number of unbranched alkanes of at least 4 members (excludes halogenated alkanes) is 1. The van der Waals surface area contributed by atoms with Crippen molar-refractivity contribution in [3.63, 3.8) is 0 Å². The van der Waals surface area contributed by atoms with Crippen LogP contribution in [0.3, 0.4) is 0 Å². The van der Waals surface area contributed by atoms with E-state index in [9.17, 15) is 0 Å². The molecule has 0 heterocycles. The van der Waals surface area contributed by atoms with E-state index >= 15 is 0 Å². The van der Waals surface area contributed by atoms with E-state index in [0.29, 0.717) is 0 Å². The van der Waals surface area contributed by atoms with Crippen molar-refractivity contribution < 1.29 is 0 Å². The zero-order valence-corrected chi connectivity index (χ0v) is 13.6. The Morgan fingerprint density at radius 3 is 2.26 bits per heavy atom. The smallest absolute Gasteiger partial charge is 0.0297 e. The highest BCUT2D eigenvalue weighted by atomic mass is 35.5. The van der Waals surface area contributed by atoms with Gasteiger partial charge in [-0.1, -0.05) is 64.7 Å². The first kappa shape index (κ1) is 18.5. The summed E-state index contributed by atoms with van der Waals surface area (Å²) in [5, 5.41) is 0. The Kier molecular flexibility index (Phi) is 9.99. The molecule has 0 aliphatic heterocycles. The molecule has 0 radical (unpaired) electrons. The van der Waals surface area contributed by atoms with E-state index in [1.54, 1.807) is 0 Å². The molecular formula is C17H30ClN. The monoisotopic (exact) mass is 283 g/mol. The Hall–Kier alpha value is -0.530. The van der Waals surface area contributed by atoms with Gasteiger partial charge in [0.2, 0.25) is 0 Å². The summed E-state index contributed by atoms with van der Waals surface area (Å²) in [4.78, 5) is 0. The van der Waals surface area contributed by atoms with Crippen LogP contribution in [0.1, 0.15) is 75.6 Å². The average molecular weight is 284 g/mol. The summed E-state index contributed by atoms with van der Waals surface area (Å²) in [6, 6.07) is 6.93. The molecule has 2 heteroatoms. The summed E-state index contributed by atoms with van der Waals surface area (Å²) in [5.74, 6) is 0. The first-order valence-electron chi connectivity index (χ1n) is 7.60. The molecule has 1 unspecified atom stereocenters. The van der Waals surface area contributed by atoms with E-state index < -0.39 is 0 Å². The molecule has 1 aromatic rings. The van der Waals surface area contributed by atoms with Crippen LogP contribution >= 0.6 is 12.4 Å². The van der Waals surface area contributed by atoms with Crippen molar-refractivity contribution in [1.29, 1.82) is 0 Å². The zero-order chi connectivity index (χ0) is 13.4. The van der Waals surface area contributed by atoms with Crippen molar-refractivity contribution >= 4 is 12.4 Å². The quantitative estimate of drug-likeness (QED) is 0.697. The third kappa shape index (κ3) is 5.54. The van der Waals surface area contributed by atoms with Crippen molar-refractivity contribution in [2.75, 3.05) is 0 Å². The van der Waals surface area contributed by atoms with Gasteiger partial charge in [-0.05, 0) is 36.0 Å². The Morgan fingerprint density at radius 2 is 1.68 bits per heavy atom. The van der Waals surface area contributed by atoms with Crippen molar-refractivity contribution in [2.24, 2.45) is 5.73 Å². The van der Waals surface area contributed by atoms with Crippen LogP contribution in [0.25, 0.3) is 0 Å². The number of hydrogen-bond donors (Lipinski definition) is 1. The summed E-state index contributed by atoms with van der Waals surface area (Å²) in [5.41, 5.74) is 10.8. The van der Waals surface area contributed by atoms with Crippen molar-refractivity contribution in [1.82, 2.24) is 0 Å². The lowest BCUT2D eigenvalue weighted by atomic mass is 9.89. The standard InChI is InChI=1S/C17H29N.ClH/c1-4-7-13-17(18)16-12-8-11-14(9-5-2)15(16)10-6-3;/h8,11-12,17H,4-7,9-10,13,18H2,1-3H3;1H. The Morgan fingerprint density at radius 1 is 1.00 bits per heavy atom. The second-order valence-corrected chi connectivity index (χ2v) is 5.23. The summed E-state index contributed by atoms with van der Waals surface area (Å²) >= 11 is 0.